The minimum absolute atomic E-state index is 0.0879. The molecule has 1 heterocycles. The molecule has 0 radical (unpaired) electrons. The van der Waals surface area contributed by atoms with Gasteiger partial charge >= 0.3 is 0 Å². The van der Waals surface area contributed by atoms with E-state index in [1.54, 1.807) is 0 Å². The van der Waals surface area contributed by atoms with Gasteiger partial charge in [-0.1, -0.05) is 51.1 Å². The number of halogens is 2. The van der Waals surface area contributed by atoms with E-state index in [9.17, 15) is 4.79 Å². The van der Waals surface area contributed by atoms with Crippen molar-refractivity contribution in [1.82, 2.24) is 4.90 Å². The molecule has 2 atom stereocenters. The Morgan fingerprint density at radius 3 is 2.35 bits per heavy atom. The highest BCUT2D eigenvalue weighted by Crippen LogP contribution is 2.44. The van der Waals surface area contributed by atoms with E-state index < -0.39 is 0 Å². The first-order chi connectivity index (χ1) is 9.43. The van der Waals surface area contributed by atoms with Crippen molar-refractivity contribution in [1.29, 1.82) is 0 Å². The molecule has 108 valence electrons. The van der Waals surface area contributed by atoms with Gasteiger partial charge in [0.1, 0.15) is 0 Å². The molecule has 20 heavy (non-hydrogen) atoms. The number of carbonyl (C=O) groups excluding carboxylic acids is 1. The van der Waals surface area contributed by atoms with Crippen LogP contribution in [-0.4, -0.2) is 17.4 Å². The maximum absolute atomic E-state index is 12.8. The normalized spacial score (nSPS) is 22.8. The summed E-state index contributed by atoms with van der Waals surface area (Å²) in [5, 5.41) is 0. The molecule has 0 aromatic heterocycles. The Kier molecular flexibility index (Phi) is 5.08. The highest BCUT2D eigenvalue weighted by atomic mass is 79.9. The lowest BCUT2D eigenvalue weighted by atomic mass is 9.89. The fourth-order valence-electron chi connectivity index (χ4n) is 2.82. The zero-order chi connectivity index (χ0) is 14.9. The molecule has 2 rings (SSSR count). The second kappa shape index (κ2) is 6.44. The van der Waals surface area contributed by atoms with Crippen molar-refractivity contribution in [3.8, 4) is 0 Å². The van der Waals surface area contributed by atoms with Crippen LogP contribution in [0.1, 0.15) is 32.3 Å². The van der Waals surface area contributed by atoms with Crippen LogP contribution in [0.5, 0.6) is 0 Å². The molecule has 1 aliphatic heterocycles. The van der Waals surface area contributed by atoms with E-state index in [0.29, 0.717) is 5.92 Å². The summed E-state index contributed by atoms with van der Waals surface area (Å²) in [5.41, 5.74) is 2.15. The Balaban J connectivity index is 2.42. The molecule has 0 spiro atoms. The zero-order valence-electron chi connectivity index (χ0n) is 11.9. The number of carbonyl (C=O) groups is 1. The summed E-state index contributed by atoms with van der Waals surface area (Å²) >= 11 is 7.00. The molecular formula is C16H19Br2NO. The molecule has 0 saturated carbocycles. The third-order valence-electron chi connectivity index (χ3n) is 3.65. The number of amides is 1. The molecule has 2 unspecified atom stereocenters. The predicted molar refractivity (Wildman–Crippen MR) is 89.8 cm³/mol. The number of nitrogens with zero attached hydrogens (tertiary/aromatic N) is 1. The van der Waals surface area contributed by atoms with E-state index in [1.807, 2.05) is 35.2 Å². The van der Waals surface area contributed by atoms with Crippen LogP contribution in [-0.2, 0) is 4.79 Å². The highest BCUT2D eigenvalue weighted by molar-refractivity contribution is 9.28. The standard InChI is InChI=1S/C16H19Br2NO/c1-10(2)9-19-14(15(17)18)11(3)13(16(19)20)12-7-5-4-6-8-12/h4-8,10-11,13H,9H2,1-3H3. The smallest absolute Gasteiger partial charge is 0.235 e. The zero-order valence-corrected chi connectivity index (χ0v) is 15.1. The summed E-state index contributed by atoms with van der Waals surface area (Å²) in [4.78, 5) is 14.7. The number of allylic oxidation sites excluding steroid dienone is 1. The van der Waals surface area contributed by atoms with Crippen molar-refractivity contribution in [2.24, 2.45) is 11.8 Å². The van der Waals surface area contributed by atoms with E-state index >= 15 is 0 Å². The summed E-state index contributed by atoms with van der Waals surface area (Å²) in [5.74, 6) is 0.714. The molecule has 0 bridgehead atoms. The van der Waals surface area contributed by atoms with Gasteiger partial charge in [0.15, 0.2) is 0 Å². The third kappa shape index (κ3) is 3.01. The van der Waals surface area contributed by atoms with Crippen molar-refractivity contribution in [3.63, 3.8) is 0 Å². The van der Waals surface area contributed by atoms with Crippen LogP contribution in [0.15, 0.2) is 39.4 Å². The third-order valence-corrected chi connectivity index (χ3v) is 4.47. The van der Waals surface area contributed by atoms with Crippen molar-refractivity contribution in [2.75, 3.05) is 6.54 Å². The van der Waals surface area contributed by atoms with Crippen LogP contribution in [0.25, 0.3) is 0 Å². The summed E-state index contributed by atoms with van der Waals surface area (Å²) in [6.07, 6.45) is 0. The first-order valence-corrected chi connectivity index (χ1v) is 8.43. The molecule has 0 N–H and O–H groups in total. The largest absolute Gasteiger partial charge is 0.313 e. The van der Waals surface area contributed by atoms with Crippen LogP contribution >= 0.6 is 31.9 Å². The lowest BCUT2D eigenvalue weighted by Crippen LogP contribution is -2.29. The number of hydrogen-bond donors (Lipinski definition) is 0. The average molecular weight is 401 g/mol. The van der Waals surface area contributed by atoms with Gasteiger partial charge in [0, 0.05) is 18.2 Å². The fourth-order valence-corrected chi connectivity index (χ4v) is 3.97. The monoisotopic (exact) mass is 399 g/mol. The predicted octanol–water partition coefficient (Wildman–Crippen LogP) is 4.86. The van der Waals surface area contributed by atoms with Crippen LogP contribution in [0.4, 0.5) is 0 Å². The number of likely N-dealkylation sites (tertiary alicyclic amines) is 1. The van der Waals surface area contributed by atoms with Crippen LogP contribution < -0.4 is 0 Å². The first kappa shape index (κ1) is 15.8. The van der Waals surface area contributed by atoms with Gasteiger partial charge in [-0.3, -0.25) is 4.79 Å². The quantitative estimate of drug-likeness (QED) is 0.709. The number of benzene rings is 1. The van der Waals surface area contributed by atoms with Crippen molar-refractivity contribution >= 4 is 37.8 Å². The summed E-state index contributed by atoms with van der Waals surface area (Å²) in [6.45, 7) is 7.14. The molecular weight excluding hydrogens is 382 g/mol. The van der Waals surface area contributed by atoms with E-state index in [1.165, 1.54) is 0 Å². The van der Waals surface area contributed by atoms with Gasteiger partial charge in [-0.25, -0.2) is 0 Å². The van der Waals surface area contributed by atoms with Crippen molar-refractivity contribution in [3.05, 3.63) is 45.0 Å². The Labute approximate surface area is 137 Å². The van der Waals surface area contributed by atoms with Gasteiger partial charge in [-0.05, 0) is 43.3 Å². The van der Waals surface area contributed by atoms with Crippen LogP contribution in [0.2, 0.25) is 0 Å². The van der Waals surface area contributed by atoms with Crippen LogP contribution in [0.3, 0.4) is 0 Å². The van der Waals surface area contributed by atoms with Gasteiger partial charge in [0.25, 0.3) is 0 Å². The number of rotatable bonds is 3. The fraction of sp³-hybridized carbons (Fsp3) is 0.438. The van der Waals surface area contributed by atoms with Gasteiger partial charge in [-0.2, -0.15) is 0 Å². The summed E-state index contributed by atoms with van der Waals surface area (Å²) in [6, 6.07) is 10.0. The minimum atomic E-state index is -0.0879. The topological polar surface area (TPSA) is 20.3 Å². The molecule has 1 aromatic carbocycles. The molecule has 1 aliphatic rings. The molecule has 1 amide bonds. The highest BCUT2D eigenvalue weighted by Gasteiger charge is 2.43. The Morgan fingerprint density at radius 1 is 1.25 bits per heavy atom. The molecule has 1 aromatic rings. The van der Waals surface area contributed by atoms with E-state index in [4.69, 9.17) is 0 Å². The van der Waals surface area contributed by atoms with Gasteiger partial charge in [-0.15, -0.1) is 0 Å². The summed E-state index contributed by atoms with van der Waals surface area (Å²) < 4.78 is 0.880. The molecule has 1 fully saturated rings. The van der Waals surface area contributed by atoms with Gasteiger partial charge < -0.3 is 4.90 Å². The van der Waals surface area contributed by atoms with Crippen LogP contribution in [0, 0.1) is 11.8 Å². The van der Waals surface area contributed by atoms with Gasteiger partial charge in [0.2, 0.25) is 5.91 Å². The Bertz CT molecular complexity index is 521. The second-order valence-electron chi connectivity index (χ2n) is 5.67. The minimum Gasteiger partial charge on any atom is -0.313 e. The lowest BCUT2D eigenvalue weighted by Gasteiger charge is -2.21. The maximum Gasteiger partial charge on any atom is 0.235 e. The summed E-state index contributed by atoms with van der Waals surface area (Å²) in [7, 11) is 0. The van der Waals surface area contributed by atoms with Gasteiger partial charge in [0.05, 0.1) is 9.31 Å². The van der Waals surface area contributed by atoms with E-state index in [-0.39, 0.29) is 17.7 Å². The SMILES string of the molecule is CC(C)CN1C(=O)C(c2ccccc2)C(C)C1=C(Br)Br. The maximum atomic E-state index is 12.8. The Morgan fingerprint density at radius 2 is 1.85 bits per heavy atom. The lowest BCUT2D eigenvalue weighted by molar-refractivity contribution is -0.128. The molecule has 0 aliphatic carbocycles. The average Bonchev–Trinajstić information content (AvgIpc) is 2.61. The molecule has 1 saturated heterocycles. The Hall–Kier alpha value is -0.610. The number of hydrogen-bond acceptors (Lipinski definition) is 1. The van der Waals surface area contributed by atoms with E-state index in [2.05, 4.69) is 52.6 Å². The molecule has 4 heteroatoms. The second-order valence-corrected chi connectivity index (χ2v) is 8.32. The van der Waals surface area contributed by atoms with Crippen molar-refractivity contribution < 1.29 is 4.79 Å². The first-order valence-electron chi connectivity index (χ1n) is 6.85. The van der Waals surface area contributed by atoms with Crippen molar-refractivity contribution in [2.45, 2.75) is 26.7 Å². The molecule has 2 nitrogen and oxygen atoms in total. The van der Waals surface area contributed by atoms with E-state index in [0.717, 1.165) is 21.2 Å².